The van der Waals surface area contributed by atoms with Crippen LogP contribution in [-0.4, -0.2) is 24.4 Å². The van der Waals surface area contributed by atoms with E-state index < -0.39 is 0 Å². The molecule has 0 atom stereocenters. The molecule has 0 fully saturated rings. The average molecular weight is 198 g/mol. The maximum absolute atomic E-state index is 9.13. The van der Waals surface area contributed by atoms with Crippen LogP contribution in [0.15, 0.2) is 12.1 Å². The fourth-order valence-electron chi connectivity index (χ4n) is 1.35. The highest BCUT2D eigenvalue weighted by Crippen LogP contribution is 2.33. The molecule has 0 aliphatic heterocycles. The quantitative estimate of drug-likeness (QED) is 0.747. The van der Waals surface area contributed by atoms with Crippen LogP contribution < -0.4 is 9.47 Å². The van der Waals surface area contributed by atoms with E-state index in [2.05, 4.69) is 0 Å². The number of aliphatic hydroxyl groups is 2. The van der Waals surface area contributed by atoms with Gasteiger partial charge in [0.2, 0.25) is 0 Å². The van der Waals surface area contributed by atoms with Crippen LogP contribution in [0, 0.1) is 0 Å². The summed E-state index contributed by atoms with van der Waals surface area (Å²) in [5, 5.41) is 18.2. The van der Waals surface area contributed by atoms with Crippen LogP contribution in [0.25, 0.3) is 0 Å². The van der Waals surface area contributed by atoms with Gasteiger partial charge in [0, 0.05) is 5.56 Å². The van der Waals surface area contributed by atoms with E-state index in [0.717, 1.165) is 0 Å². The maximum atomic E-state index is 9.13. The summed E-state index contributed by atoms with van der Waals surface area (Å²) in [5.41, 5.74) is 1.21. The number of benzene rings is 1. The smallest absolute Gasteiger partial charge is 0.166 e. The molecule has 0 aliphatic carbocycles. The normalized spacial score (nSPS) is 10.0. The third-order valence-corrected chi connectivity index (χ3v) is 2.07. The van der Waals surface area contributed by atoms with Crippen molar-refractivity contribution in [3.8, 4) is 11.5 Å². The van der Waals surface area contributed by atoms with Crippen molar-refractivity contribution in [2.24, 2.45) is 0 Å². The molecule has 4 heteroatoms. The van der Waals surface area contributed by atoms with Crippen molar-refractivity contribution in [3.05, 3.63) is 23.3 Å². The summed E-state index contributed by atoms with van der Waals surface area (Å²) in [4.78, 5) is 0. The number of rotatable bonds is 4. The minimum atomic E-state index is -0.184. The SMILES string of the molecule is COc1ccc(CO)c(CO)c1OC. The van der Waals surface area contributed by atoms with E-state index in [-0.39, 0.29) is 13.2 Å². The highest BCUT2D eigenvalue weighted by molar-refractivity contribution is 5.50. The molecule has 0 saturated heterocycles. The lowest BCUT2D eigenvalue weighted by molar-refractivity contribution is 0.251. The zero-order valence-electron chi connectivity index (χ0n) is 8.28. The molecular formula is C10H14O4. The first kappa shape index (κ1) is 10.8. The first-order chi connectivity index (χ1) is 6.78. The summed E-state index contributed by atoms with van der Waals surface area (Å²) in [7, 11) is 3.02. The molecule has 0 amide bonds. The Labute approximate surface area is 82.7 Å². The van der Waals surface area contributed by atoms with Gasteiger partial charge in [0.1, 0.15) is 0 Å². The largest absolute Gasteiger partial charge is 0.493 e. The second kappa shape index (κ2) is 4.83. The second-order valence-electron chi connectivity index (χ2n) is 2.75. The molecule has 0 heterocycles. The fourth-order valence-corrected chi connectivity index (χ4v) is 1.35. The first-order valence-electron chi connectivity index (χ1n) is 4.22. The molecule has 0 spiro atoms. The Hall–Kier alpha value is -1.26. The molecule has 2 N–H and O–H groups in total. The average Bonchev–Trinajstić information content (AvgIpc) is 2.26. The van der Waals surface area contributed by atoms with Crippen molar-refractivity contribution in [1.82, 2.24) is 0 Å². The van der Waals surface area contributed by atoms with E-state index in [9.17, 15) is 0 Å². The molecule has 78 valence electrons. The topological polar surface area (TPSA) is 58.9 Å². The molecule has 14 heavy (non-hydrogen) atoms. The Morgan fingerprint density at radius 2 is 1.79 bits per heavy atom. The van der Waals surface area contributed by atoms with Crippen molar-refractivity contribution < 1.29 is 19.7 Å². The summed E-state index contributed by atoms with van der Waals surface area (Å²) in [6.07, 6.45) is 0. The lowest BCUT2D eigenvalue weighted by Crippen LogP contribution is -2.00. The van der Waals surface area contributed by atoms with E-state index in [0.29, 0.717) is 22.6 Å². The molecule has 0 radical (unpaired) electrons. The van der Waals surface area contributed by atoms with Crippen molar-refractivity contribution in [2.75, 3.05) is 14.2 Å². The van der Waals surface area contributed by atoms with Crippen LogP contribution in [0.4, 0.5) is 0 Å². The minimum absolute atomic E-state index is 0.129. The van der Waals surface area contributed by atoms with E-state index in [1.54, 1.807) is 12.1 Å². The van der Waals surface area contributed by atoms with Crippen molar-refractivity contribution >= 4 is 0 Å². The van der Waals surface area contributed by atoms with Crippen LogP contribution >= 0.6 is 0 Å². The third-order valence-electron chi connectivity index (χ3n) is 2.07. The van der Waals surface area contributed by atoms with Gasteiger partial charge >= 0.3 is 0 Å². The molecule has 1 rings (SSSR count). The molecule has 0 unspecified atom stereocenters. The zero-order chi connectivity index (χ0) is 10.6. The summed E-state index contributed by atoms with van der Waals surface area (Å²) in [6.45, 7) is -0.313. The van der Waals surface area contributed by atoms with Crippen molar-refractivity contribution in [3.63, 3.8) is 0 Å². The number of hydrogen-bond acceptors (Lipinski definition) is 4. The number of ether oxygens (including phenoxy) is 2. The van der Waals surface area contributed by atoms with Crippen molar-refractivity contribution in [2.45, 2.75) is 13.2 Å². The zero-order valence-corrected chi connectivity index (χ0v) is 8.28. The number of hydrogen-bond donors (Lipinski definition) is 2. The lowest BCUT2D eigenvalue weighted by atomic mass is 10.1. The standard InChI is InChI=1S/C10H14O4/c1-13-9-4-3-7(5-11)8(6-12)10(9)14-2/h3-4,11-12H,5-6H2,1-2H3. The molecule has 0 bridgehead atoms. The monoisotopic (exact) mass is 198 g/mol. The Bertz CT molecular complexity index is 278. The fraction of sp³-hybridized carbons (Fsp3) is 0.400. The van der Waals surface area contributed by atoms with Crippen LogP contribution in [0.5, 0.6) is 11.5 Å². The Morgan fingerprint density at radius 3 is 2.21 bits per heavy atom. The molecule has 4 nitrogen and oxygen atoms in total. The van der Waals surface area contributed by atoms with Crippen molar-refractivity contribution in [1.29, 1.82) is 0 Å². The number of methoxy groups -OCH3 is 2. The van der Waals surface area contributed by atoms with Crippen LogP contribution in [-0.2, 0) is 13.2 Å². The highest BCUT2D eigenvalue weighted by Gasteiger charge is 2.12. The van der Waals surface area contributed by atoms with Gasteiger partial charge in [-0.2, -0.15) is 0 Å². The van der Waals surface area contributed by atoms with Gasteiger partial charge in [-0.15, -0.1) is 0 Å². The van der Waals surface area contributed by atoms with E-state index in [4.69, 9.17) is 19.7 Å². The van der Waals surface area contributed by atoms with Gasteiger partial charge in [0.05, 0.1) is 27.4 Å². The van der Waals surface area contributed by atoms with Gasteiger partial charge in [-0.25, -0.2) is 0 Å². The molecule has 1 aromatic rings. The van der Waals surface area contributed by atoms with Gasteiger partial charge in [-0.3, -0.25) is 0 Å². The van der Waals surface area contributed by atoms with Crippen LogP contribution in [0.1, 0.15) is 11.1 Å². The Morgan fingerprint density at radius 1 is 1.07 bits per heavy atom. The second-order valence-corrected chi connectivity index (χ2v) is 2.75. The Kier molecular flexibility index (Phi) is 3.73. The molecule has 1 aromatic carbocycles. The van der Waals surface area contributed by atoms with Crippen LogP contribution in [0.3, 0.4) is 0 Å². The van der Waals surface area contributed by atoms with Gasteiger partial charge in [-0.1, -0.05) is 6.07 Å². The number of aliphatic hydroxyl groups excluding tert-OH is 2. The predicted octanol–water partition coefficient (Wildman–Crippen LogP) is 0.688. The Balaban J connectivity index is 3.28. The third kappa shape index (κ3) is 1.81. The molecule has 0 aromatic heterocycles. The van der Waals surface area contributed by atoms with Gasteiger partial charge in [-0.05, 0) is 11.6 Å². The first-order valence-corrected chi connectivity index (χ1v) is 4.22. The lowest BCUT2D eigenvalue weighted by Gasteiger charge is -2.14. The van der Waals surface area contributed by atoms with Gasteiger partial charge < -0.3 is 19.7 Å². The highest BCUT2D eigenvalue weighted by atomic mass is 16.5. The van der Waals surface area contributed by atoms with Crippen LogP contribution in [0.2, 0.25) is 0 Å². The van der Waals surface area contributed by atoms with Gasteiger partial charge in [0.25, 0.3) is 0 Å². The predicted molar refractivity (Wildman–Crippen MR) is 51.4 cm³/mol. The summed E-state index contributed by atoms with van der Waals surface area (Å²) >= 11 is 0. The summed E-state index contributed by atoms with van der Waals surface area (Å²) in [5.74, 6) is 1.02. The maximum Gasteiger partial charge on any atom is 0.166 e. The molecule has 0 aliphatic rings. The molecular weight excluding hydrogens is 184 g/mol. The minimum Gasteiger partial charge on any atom is -0.493 e. The van der Waals surface area contributed by atoms with E-state index in [1.807, 2.05) is 0 Å². The van der Waals surface area contributed by atoms with E-state index >= 15 is 0 Å². The molecule has 0 saturated carbocycles. The van der Waals surface area contributed by atoms with Gasteiger partial charge in [0.15, 0.2) is 11.5 Å². The van der Waals surface area contributed by atoms with E-state index in [1.165, 1.54) is 14.2 Å². The summed E-state index contributed by atoms with van der Waals surface area (Å²) in [6, 6.07) is 3.40. The summed E-state index contributed by atoms with van der Waals surface area (Å²) < 4.78 is 10.2.